The number of halogens is 2. The fraction of sp³-hybridized carbons (Fsp3) is 0.222. The van der Waals surface area contributed by atoms with Crippen molar-refractivity contribution in [2.75, 3.05) is 0 Å². The van der Waals surface area contributed by atoms with Gasteiger partial charge < -0.3 is 4.90 Å². The van der Waals surface area contributed by atoms with E-state index in [9.17, 15) is 4.79 Å². The lowest BCUT2D eigenvalue weighted by atomic mass is 10.1. The summed E-state index contributed by atoms with van der Waals surface area (Å²) in [5, 5.41) is 12.1. The number of carbonyl (C=O) groups is 1. The van der Waals surface area contributed by atoms with Gasteiger partial charge in [0.05, 0.1) is 15.7 Å². The van der Waals surface area contributed by atoms with E-state index in [1.54, 1.807) is 29.2 Å². The third-order valence-electron chi connectivity index (χ3n) is 3.93. The lowest BCUT2D eigenvalue weighted by Crippen LogP contribution is -2.36. The maximum Gasteiger partial charge on any atom is 0.254 e. The molecule has 0 saturated heterocycles. The molecule has 0 aliphatic carbocycles. The second kappa shape index (κ2) is 7.85. The number of amides is 1. The molecule has 0 spiro atoms. The lowest BCUT2D eigenvalue weighted by Gasteiger charge is -2.27. The number of nitrogens with zero attached hydrogens (tertiary/aromatic N) is 5. The van der Waals surface area contributed by atoms with Crippen molar-refractivity contribution in [3.8, 4) is 5.69 Å². The summed E-state index contributed by atoms with van der Waals surface area (Å²) in [6.07, 6.45) is 1.49. The Morgan fingerprint density at radius 3 is 2.62 bits per heavy atom. The number of benzene rings is 2. The van der Waals surface area contributed by atoms with Gasteiger partial charge in [-0.3, -0.25) is 4.79 Å². The van der Waals surface area contributed by atoms with Crippen molar-refractivity contribution in [3.05, 3.63) is 70.0 Å². The molecule has 0 N–H and O–H groups in total. The van der Waals surface area contributed by atoms with E-state index in [0.717, 1.165) is 11.3 Å². The number of rotatable bonds is 5. The highest BCUT2D eigenvalue weighted by molar-refractivity contribution is 6.42. The summed E-state index contributed by atoms with van der Waals surface area (Å²) in [4.78, 5) is 14.8. The quantitative estimate of drug-likeness (QED) is 0.660. The second-order valence-electron chi connectivity index (χ2n) is 6.08. The zero-order valence-electron chi connectivity index (χ0n) is 14.3. The largest absolute Gasteiger partial charge is 0.332 e. The maximum absolute atomic E-state index is 13.1. The maximum atomic E-state index is 13.1. The average Bonchev–Trinajstić information content (AvgIpc) is 3.16. The Bertz CT molecular complexity index is 912. The molecule has 0 atom stereocenters. The average molecular weight is 390 g/mol. The van der Waals surface area contributed by atoms with Crippen LogP contribution in [0.15, 0.2) is 48.8 Å². The third kappa shape index (κ3) is 4.03. The standard InChI is InChI=1S/C18H17Cl2N5O/c1-12(2)24(10-13-6-7-16(19)17(20)8-13)18(26)14-4-3-5-15(9-14)25-11-21-22-23-25/h3-9,11-12H,10H2,1-2H3. The molecular formula is C18H17Cl2N5O. The topological polar surface area (TPSA) is 63.9 Å². The first-order chi connectivity index (χ1) is 12.5. The number of hydrogen-bond donors (Lipinski definition) is 0. The normalized spacial score (nSPS) is 11.0. The molecule has 3 rings (SSSR count). The Labute approximate surface area is 161 Å². The Morgan fingerprint density at radius 1 is 1.15 bits per heavy atom. The first-order valence-corrected chi connectivity index (χ1v) is 8.79. The van der Waals surface area contributed by atoms with Crippen LogP contribution in [0.25, 0.3) is 5.69 Å². The zero-order chi connectivity index (χ0) is 18.7. The number of hydrogen-bond acceptors (Lipinski definition) is 4. The molecular weight excluding hydrogens is 373 g/mol. The van der Waals surface area contributed by atoms with Gasteiger partial charge in [-0.05, 0) is 60.2 Å². The summed E-state index contributed by atoms with van der Waals surface area (Å²) >= 11 is 12.1. The molecule has 0 unspecified atom stereocenters. The van der Waals surface area contributed by atoms with E-state index in [4.69, 9.17) is 23.2 Å². The van der Waals surface area contributed by atoms with Crippen molar-refractivity contribution in [2.45, 2.75) is 26.4 Å². The fourth-order valence-corrected chi connectivity index (χ4v) is 2.87. The predicted octanol–water partition coefficient (Wildman–Crippen LogP) is 4.02. The highest BCUT2D eigenvalue weighted by atomic mass is 35.5. The van der Waals surface area contributed by atoms with Gasteiger partial charge in [-0.25, -0.2) is 4.68 Å². The van der Waals surface area contributed by atoms with Crippen molar-refractivity contribution >= 4 is 29.1 Å². The van der Waals surface area contributed by atoms with Crippen LogP contribution in [0.3, 0.4) is 0 Å². The molecule has 0 fully saturated rings. The second-order valence-corrected chi connectivity index (χ2v) is 6.89. The molecule has 0 bridgehead atoms. The minimum atomic E-state index is -0.0824. The molecule has 134 valence electrons. The number of aromatic nitrogens is 4. The van der Waals surface area contributed by atoms with Crippen molar-refractivity contribution in [1.29, 1.82) is 0 Å². The molecule has 1 heterocycles. The number of carbonyl (C=O) groups excluding carboxylic acids is 1. The number of tetrazole rings is 1. The van der Waals surface area contributed by atoms with Gasteiger partial charge in [0.15, 0.2) is 0 Å². The van der Waals surface area contributed by atoms with Gasteiger partial charge in [0, 0.05) is 18.2 Å². The fourth-order valence-electron chi connectivity index (χ4n) is 2.55. The van der Waals surface area contributed by atoms with Crippen LogP contribution in [0, 0.1) is 0 Å². The SMILES string of the molecule is CC(C)N(Cc1ccc(Cl)c(Cl)c1)C(=O)c1cccc(-n2cnnn2)c1. The van der Waals surface area contributed by atoms with Gasteiger partial charge in [0.2, 0.25) is 0 Å². The molecule has 6 nitrogen and oxygen atoms in total. The molecule has 8 heteroatoms. The molecule has 0 saturated carbocycles. The van der Waals surface area contributed by atoms with Crippen LogP contribution in [0.1, 0.15) is 29.8 Å². The molecule has 1 aromatic heterocycles. The van der Waals surface area contributed by atoms with Gasteiger partial charge in [-0.15, -0.1) is 5.10 Å². The minimum absolute atomic E-state index is 0.00801. The summed E-state index contributed by atoms with van der Waals surface area (Å²) in [5.74, 6) is -0.0824. The van der Waals surface area contributed by atoms with Crippen LogP contribution in [0.5, 0.6) is 0 Å². The van der Waals surface area contributed by atoms with Crippen LogP contribution in [0.2, 0.25) is 10.0 Å². The highest BCUT2D eigenvalue weighted by Crippen LogP contribution is 2.24. The van der Waals surface area contributed by atoms with Gasteiger partial charge in [-0.2, -0.15) is 0 Å². The van der Waals surface area contributed by atoms with E-state index in [1.165, 1.54) is 11.0 Å². The zero-order valence-corrected chi connectivity index (χ0v) is 15.8. The molecule has 0 radical (unpaired) electrons. The van der Waals surface area contributed by atoms with E-state index in [2.05, 4.69) is 15.5 Å². The van der Waals surface area contributed by atoms with Crippen LogP contribution in [0.4, 0.5) is 0 Å². The van der Waals surface area contributed by atoms with Crippen molar-refractivity contribution < 1.29 is 4.79 Å². The molecule has 26 heavy (non-hydrogen) atoms. The monoisotopic (exact) mass is 389 g/mol. The van der Waals surface area contributed by atoms with Crippen molar-refractivity contribution in [2.24, 2.45) is 0 Å². The van der Waals surface area contributed by atoms with Gasteiger partial charge in [0.25, 0.3) is 5.91 Å². The minimum Gasteiger partial charge on any atom is -0.332 e. The van der Waals surface area contributed by atoms with E-state index >= 15 is 0 Å². The molecule has 0 aliphatic rings. The summed E-state index contributed by atoms with van der Waals surface area (Å²) in [6, 6.07) is 12.6. The molecule has 2 aromatic carbocycles. The summed E-state index contributed by atoms with van der Waals surface area (Å²) in [5.41, 5.74) is 2.20. The van der Waals surface area contributed by atoms with Crippen LogP contribution in [-0.4, -0.2) is 37.1 Å². The van der Waals surface area contributed by atoms with Gasteiger partial charge in [0.1, 0.15) is 6.33 Å². The predicted molar refractivity (Wildman–Crippen MR) is 101 cm³/mol. The summed E-state index contributed by atoms with van der Waals surface area (Å²) < 4.78 is 1.51. The first-order valence-electron chi connectivity index (χ1n) is 8.04. The van der Waals surface area contributed by atoms with Gasteiger partial charge >= 0.3 is 0 Å². The van der Waals surface area contributed by atoms with E-state index in [1.807, 2.05) is 32.0 Å². The van der Waals surface area contributed by atoms with Crippen molar-refractivity contribution in [3.63, 3.8) is 0 Å². The third-order valence-corrected chi connectivity index (χ3v) is 4.67. The lowest BCUT2D eigenvalue weighted by molar-refractivity contribution is 0.0690. The molecule has 3 aromatic rings. The van der Waals surface area contributed by atoms with E-state index in [-0.39, 0.29) is 11.9 Å². The molecule has 1 amide bonds. The van der Waals surface area contributed by atoms with E-state index in [0.29, 0.717) is 22.2 Å². The summed E-state index contributed by atoms with van der Waals surface area (Å²) in [7, 11) is 0. The molecule has 0 aliphatic heterocycles. The first kappa shape index (κ1) is 18.4. The van der Waals surface area contributed by atoms with Crippen molar-refractivity contribution in [1.82, 2.24) is 25.1 Å². The Balaban J connectivity index is 1.87. The Morgan fingerprint density at radius 2 is 1.96 bits per heavy atom. The Hall–Kier alpha value is -2.44. The van der Waals surface area contributed by atoms with Gasteiger partial charge in [-0.1, -0.05) is 35.3 Å². The Kier molecular flexibility index (Phi) is 5.54. The van der Waals surface area contributed by atoms with Crippen LogP contribution >= 0.6 is 23.2 Å². The van der Waals surface area contributed by atoms with Crippen LogP contribution in [-0.2, 0) is 6.54 Å². The highest BCUT2D eigenvalue weighted by Gasteiger charge is 2.20. The smallest absolute Gasteiger partial charge is 0.254 e. The summed E-state index contributed by atoms with van der Waals surface area (Å²) in [6.45, 7) is 4.38. The van der Waals surface area contributed by atoms with Crippen LogP contribution < -0.4 is 0 Å². The van der Waals surface area contributed by atoms with E-state index < -0.39 is 0 Å².